The van der Waals surface area contributed by atoms with Gasteiger partial charge in [-0.05, 0) is 12.8 Å². The van der Waals surface area contributed by atoms with Gasteiger partial charge in [-0.3, -0.25) is 0 Å². The molecule has 2 unspecified atom stereocenters. The third kappa shape index (κ3) is 2.86. The Labute approximate surface area is 96.3 Å². The second-order valence-electron chi connectivity index (χ2n) is 4.58. The van der Waals surface area contributed by atoms with Crippen LogP contribution in [0.4, 0.5) is 4.79 Å². The molecule has 0 aromatic heterocycles. The lowest BCUT2D eigenvalue weighted by Crippen LogP contribution is -2.41. The molecule has 2 atom stereocenters. The lowest BCUT2D eigenvalue weighted by atomic mass is 9.93. The lowest BCUT2D eigenvalue weighted by molar-refractivity contribution is 0.00957. The summed E-state index contributed by atoms with van der Waals surface area (Å²) in [5.74, 6) is 0. The van der Waals surface area contributed by atoms with Crippen LogP contribution in [0, 0.1) is 0 Å². The van der Waals surface area contributed by atoms with Gasteiger partial charge in [-0.25, -0.2) is 4.79 Å². The van der Waals surface area contributed by atoms with Crippen LogP contribution in [0.5, 0.6) is 0 Å². The van der Waals surface area contributed by atoms with Gasteiger partial charge in [0, 0.05) is 25.7 Å². The Bertz CT molecular complexity index is 247. The summed E-state index contributed by atoms with van der Waals surface area (Å²) in [7, 11) is 0. The van der Waals surface area contributed by atoms with Crippen molar-refractivity contribution in [2.45, 2.75) is 37.8 Å². The molecule has 2 amide bonds. The van der Waals surface area contributed by atoms with Crippen LogP contribution in [0.1, 0.15) is 25.7 Å². The Kier molecular flexibility index (Phi) is 4.01. The van der Waals surface area contributed by atoms with E-state index < -0.39 is 0 Å². The van der Waals surface area contributed by atoms with E-state index in [1.165, 1.54) is 12.8 Å². The molecule has 0 bridgehead atoms. The van der Waals surface area contributed by atoms with Gasteiger partial charge in [0.05, 0.1) is 12.7 Å². The highest BCUT2D eigenvalue weighted by Crippen LogP contribution is 2.19. The Balaban J connectivity index is 1.65. The summed E-state index contributed by atoms with van der Waals surface area (Å²) in [6.45, 7) is 2.82. The first-order chi connectivity index (χ1) is 7.77. The Morgan fingerprint density at radius 1 is 1.44 bits per heavy atom. The maximum absolute atomic E-state index is 11.3. The molecule has 1 aliphatic carbocycles. The number of hydrogen-bond donors (Lipinski definition) is 2. The molecule has 1 saturated carbocycles. The monoisotopic (exact) mass is 227 g/mol. The smallest absolute Gasteiger partial charge is 0.317 e. The molecule has 16 heavy (non-hydrogen) atoms. The molecule has 1 heterocycles. The van der Waals surface area contributed by atoms with Crippen LogP contribution in [-0.2, 0) is 4.74 Å². The minimum atomic E-state index is 0.0246. The van der Waals surface area contributed by atoms with Crippen LogP contribution in [0.2, 0.25) is 0 Å². The second-order valence-corrected chi connectivity index (χ2v) is 4.58. The van der Waals surface area contributed by atoms with Crippen LogP contribution >= 0.6 is 0 Å². The van der Waals surface area contributed by atoms with E-state index in [0.717, 1.165) is 25.9 Å². The van der Waals surface area contributed by atoms with E-state index in [1.807, 2.05) is 0 Å². The number of ether oxygens (including phenoxy) is 1. The lowest BCUT2D eigenvalue weighted by Gasteiger charge is -2.29. The highest BCUT2D eigenvalue weighted by Gasteiger charge is 2.23. The minimum absolute atomic E-state index is 0.0246. The number of nitrogens with zero attached hydrogens (tertiary/aromatic N) is 1. The summed E-state index contributed by atoms with van der Waals surface area (Å²) >= 11 is 0. The number of amides is 2. The van der Waals surface area contributed by atoms with Crippen LogP contribution in [0.3, 0.4) is 0 Å². The maximum Gasteiger partial charge on any atom is 0.317 e. The summed E-state index contributed by atoms with van der Waals surface area (Å²) in [6, 6.07) is 0.206. The van der Waals surface area contributed by atoms with E-state index >= 15 is 0 Å². The zero-order valence-electron chi connectivity index (χ0n) is 9.65. The molecule has 3 N–H and O–H groups in total. The first kappa shape index (κ1) is 11.7. The van der Waals surface area contributed by atoms with E-state index in [1.54, 1.807) is 4.90 Å². The topological polar surface area (TPSA) is 67.6 Å². The molecule has 1 saturated heterocycles. The summed E-state index contributed by atoms with van der Waals surface area (Å²) < 4.78 is 5.76. The van der Waals surface area contributed by atoms with Gasteiger partial charge in [0.25, 0.3) is 0 Å². The highest BCUT2D eigenvalue weighted by molar-refractivity contribution is 5.76. The zero-order chi connectivity index (χ0) is 11.4. The first-order valence-corrected chi connectivity index (χ1v) is 6.17. The van der Waals surface area contributed by atoms with Gasteiger partial charge in [0.2, 0.25) is 0 Å². The van der Waals surface area contributed by atoms with E-state index in [2.05, 4.69) is 5.32 Å². The third-order valence-corrected chi connectivity index (χ3v) is 3.39. The summed E-state index contributed by atoms with van der Waals surface area (Å²) in [6.07, 6.45) is 4.75. The highest BCUT2D eigenvalue weighted by atomic mass is 16.5. The summed E-state index contributed by atoms with van der Waals surface area (Å²) in [4.78, 5) is 13.0. The SMILES string of the molecule is NC1CCCCC1OCCN1CCNC1=O. The number of carbonyl (C=O) groups is 1. The van der Waals surface area contributed by atoms with Crippen molar-refractivity contribution in [2.75, 3.05) is 26.2 Å². The minimum Gasteiger partial charge on any atom is -0.375 e. The van der Waals surface area contributed by atoms with Gasteiger partial charge in [0.15, 0.2) is 0 Å². The van der Waals surface area contributed by atoms with Crippen molar-refractivity contribution in [3.8, 4) is 0 Å². The first-order valence-electron chi connectivity index (χ1n) is 6.17. The predicted octanol–water partition coefficient (Wildman–Crippen LogP) is 0.298. The summed E-state index contributed by atoms with van der Waals surface area (Å²) in [5, 5.41) is 2.77. The van der Waals surface area contributed by atoms with Crippen molar-refractivity contribution in [3.63, 3.8) is 0 Å². The number of hydrogen-bond acceptors (Lipinski definition) is 3. The fourth-order valence-electron chi connectivity index (χ4n) is 2.37. The molecular weight excluding hydrogens is 206 g/mol. The molecule has 1 aliphatic heterocycles. The molecule has 2 fully saturated rings. The number of nitrogens with one attached hydrogen (secondary N) is 1. The number of nitrogens with two attached hydrogens (primary N) is 1. The van der Waals surface area contributed by atoms with E-state index in [0.29, 0.717) is 13.2 Å². The van der Waals surface area contributed by atoms with Crippen molar-refractivity contribution in [2.24, 2.45) is 5.73 Å². The molecule has 0 aromatic carbocycles. The average Bonchev–Trinajstić information content (AvgIpc) is 2.67. The number of urea groups is 1. The van der Waals surface area contributed by atoms with Gasteiger partial charge >= 0.3 is 6.03 Å². The maximum atomic E-state index is 11.3. The molecule has 0 aromatic rings. The average molecular weight is 227 g/mol. The Morgan fingerprint density at radius 2 is 2.25 bits per heavy atom. The van der Waals surface area contributed by atoms with Crippen LogP contribution in [0.25, 0.3) is 0 Å². The predicted molar refractivity (Wildman–Crippen MR) is 61.2 cm³/mol. The molecule has 2 rings (SSSR count). The largest absolute Gasteiger partial charge is 0.375 e. The molecule has 5 nitrogen and oxygen atoms in total. The van der Waals surface area contributed by atoms with Crippen LogP contribution in [-0.4, -0.2) is 49.3 Å². The quantitative estimate of drug-likeness (QED) is 0.725. The van der Waals surface area contributed by atoms with Crippen molar-refractivity contribution in [3.05, 3.63) is 0 Å². The third-order valence-electron chi connectivity index (χ3n) is 3.39. The van der Waals surface area contributed by atoms with E-state index in [9.17, 15) is 4.79 Å². The second kappa shape index (κ2) is 5.50. The normalized spacial score (nSPS) is 30.6. The zero-order valence-corrected chi connectivity index (χ0v) is 9.65. The van der Waals surface area contributed by atoms with Crippen molar-refractivity contribution < 1.29 is 9.53 Å². The van der Waals surface area contributed by atoms with Crippen LogP contribution in [0.15, 0.2) is 0 Å². The van der Waals surface area contributed by atoms with Gasteiger partial charge in [0.1, 0.15) is 0 Å². The van der Waals surface area contributed by atoms with Crippen molar-refractivity contribution in [1.82, 2.24) is 10.2 Å². The molecule has 0 radical (unpaired) electrons. The summed E-state index contributed by atoms with van der Waals surface area (Å²) in [5.41, 5.74) is 5.98. The van der Waals surface area contributed by atoms with Gasteiger partial charge in [-0.1, -0.05) is 12.8 Å². The van der Waals surface area contributed by atoms with Gasteiger partial charge < -0.3 is 20.7 Å². The van der Waals surface area contributed by atoms with Gasteiger partial charge in [-0.2, -0.15) is 0 Å². The molecule has 0 spiro atoms. The van der Waals surface area contributed by atoms with E-state index in [4.69, 9.17) is 10.5 Å². The van der Waals surface area contributed by atoms with E-state index in [-0.39, 0.29) is 18.2 Å². The number of rotatable bonds is 4. The number of carbonyl (C=O) groups excluding carboxylic acids is 1. The fraction of sp³-hybridized carbons (Fsp3) is 0.909. The molecule has 2 aliphatic rings. The van der Waals surface area contributed by atoms with Crippen molar-refractivity contribution >= 4 is 6.03 Å². The Morgan fingerprint density at radius 3 is 2.94 bits per heavy atom. The molecule has 92 valence electrons. The van der Waals surface area contributed by atoms with Gasteiger partial charge in [-0.15, -0.1) is 0 Å². The van der Waals surface area contributed by atoms with Crippen molar-refractivity contribution in [1.29, 1.82) is 0 Å². The fourth-order valence-corrected chi connectivity index (χ4v) is 2.37. The Hall–Kier alpha value is -0.810. The molecule has 5 heteroatoms. The molecular formula is C11H21N3O2. The standard InChI is InChI=1S/C11H21N3O2/c12-9-3-1-2-4-10(9)16-8-7-14-6-5-13-11(14)15/h9-10H,1-8,12H2,(H,13,15). The van der Waals surface area contributed by atoms with Crippen LogP contribution < -0.4 is 11.1 Å².